The molecule has 2 N–H and O–H groups in total. The molecule has 1 aromatic heterocycles. The van der Waals surface area contributed by atoms with Gasteiger partial charge < -0.3 is 14.8 Å². The first-order chi connectivity index (χ1) is 16.6. The van der Waals surface area contributed by atoms with Gasteiger partial charge in [-0.15, -0.1) is 0 Å². The van der Waals surface area contributed by atoms with Gasteiger partial charge >= 0.3 is 5.97 Å². The van der Waals surface area contributed by atoms with Crippen LogP contribution in [0.4, 0.5) is 10.5 Å². The van der Waals surface area contributed by atoms with Crippen molar-refractivity contribution in [3.63, 3.8) is 0 Å². The normalized spacial score (nSPS) is 14.6. The van der Waals surface area contributed by atoms with Crippen molar-refractivity contribution in [1.82, 2.24) is 4.90 Å². The molecule has 1 fully saturated rings. The largest absolute Gasteiger partial charge is 0.478 e. The number of carbonyl (C=O) groups is 4. The van der Waals surface area contributed by atoms with Crippen molar-refractivity contribution in [3.05, 3.63) is 80.9 Å². The Morgan fingerprint density at radius 2 is 1.86 bits per heavy atom. The monoisotopic (exact) mass is 510 g/mol. The van der Waals surface area contributed by atoms with Crippen LogP contribution in [0, 0.1) is 13.8 Å². The molecule has 3 aromatic rings. The number of anilines is 1. The molecule has 1 saturated heterocycles. The van der Waals surface area contributed by atoms with Crippen LogP contribution in [0.1, 0.15) is 27.2 Å². The fourth-order valence-electron chi connectivity index (χ4n) is 3.43. The van der Waals surface area contributed by atoms with Gasteiger partial charge in [0.05, 0.1) is 10.5 Å². The quantitative estimate of drug-likeness (QED) is 0.415. The van der Waals surface area contributed by atoms with Crippen LogP contribution in [0.5, 0.6) is 0 Å². The summed E-state index contributed by atoms with van der Waals surface area (Å²) in [5, 5.41) is 11.7. The van der Waals surface area contributed by atoms with Crippen molar-refractivity contribution in [1.29, 1.82) is 0 Å². The first kappa shape index (κ1) is 24.3. The lowest BCUT2D eigenvalue weighted by Gasteiger charge is -2.12. The maximum atomic E-state index is 12.8. The predicted molar refractivity (Wildman–Crippen MR) is 133 cm³/mol. The van der Waals surface area contributed by atoms with Gasteiger partial charge in [0.2, 0.25) is 5.91 Å². The number of amides is 3. The van der Waals surface area contributed by atoms with Gasteiger partial charge in [0.1, 0.15) is 18.1 Å². The summed E-state index contributed by atoms with van der Waals surface area (Å²) >= 11 is 6.78. The Bertz CT molecular complexity index is 1410. The lowest BCUT2D eigenvalue weighted by Crippen LogP contribution is -2.36. The van der Waals surface area contributed by atoms with E-state index < -0.39 is 29.6 Å². The highest BCUT2D eigenvalue weighted by Crippen LogP contribution is 2.34. The Balaban J connectivity index is 1.46. The first-order valence-electron chi connectivity index (χ1n) is 10.4. The summed E-state index contributed by atoms with van der Waals surface area (Å²) in [6, 6.07) is 13.0. The number of hydrogen-bond donors (Lipinski definition) is 2. The minimum atomic E-state index is -1.02. The molecule has 1 aliphatic heterocycles. The number of nitrogens with zero attached hydrogens (tertiary/aromatic N) is 1. The molecular weight excluding hydrogens is 492 g/mol. The Morgan fingerprint density at radius 3 is 2.54 bits per heavy atom. The minimum absolute atomic E-state index is 0.125. The summed E-state index contributed by atoms with van der Waals surface area (Å²) in [7, 11) is 0. The van der Waals surface area contributed by atoms with E-state index in [4.69, 9.17) is 21.1 Å². The molecule has 35 heavy (non-hydrogen) atoms. The number of thioether (sulfide) groups is 1. The van der Waals surface area contributed by atoms with Crippen LogP contribution in [-0.2, 0) is 9.59 Å². The molecular formula is C25H19ClN2O6S. The third kappa shape index (κ3) is 5.31. The highest BCUT2D eigenvalue weighted by molar-refractivity contribution is 8.18. The topological polar surface area (TPSA) is 117 Å². The molecule has 0 radical (unpaired) electrons. The van der Waals surface area contributed by atoms with E-state index in [1.807, 2.05) is 6.92 Å². The maximum absolute atomic E-state index is 12.8. The number of benzene rings is 2. The zero-order chi connectivity index (χ0) is 25.3. The molecule has 0 bridgehead atoms. The van der Waals surface area contributed by atoms with Gasteiger partial charge in [-0.05, 0) is 73.1 Å². The van der Waals surface area contributed by atoms with E-state index in [1.165, 1.54) is 12.1 Å². The Kier molecular flexibility index (Phi) is 6.81. The Hall–Kier alpha value is -3.82. The maximum Gasteiger partial charge on any atom is 0.335 e. The van der Waals surface area contributed by atoms with Crippen LogP contribution >= 0.6 is 23.4 Å². The van der Waals surface area contributed by atoms with Crippen molar-refractivity contribution in [3.8, 4) is 11.3 Å². The summed E-state index contributed by atoms with van der Waals surface area (Å²) < 4.78 is 5.80. The van der Waals surface area contributed by atoms with Gasteiger partial charge in [-0.25, -0.2) is 4.79 Å². The zero-order valence-electron chi connectivity index (χ0n) is 18.6. The standard InChI is InChI=1S/C25H19ClN2O6S/c1-13-3-5-16(10-19(13)26)27-22(29)12-28-23(30)21(35-25(28)33)11-17-6-8-20(34-17)18-7-4-15(24(31)32)9-14(18)2/h3-11H,12H2,1-2H3,(H,27,29)(H,31,32)/b21-11-. The van der Waals surface area contributed by atoms with Crippen molar-refractivity contribution in [2.75, 3.05) is 11.9 Å². The molecule has 3 amide bonds. The van der Waals surface area contributed by atoms with Crippen LogP contribution in [0.2, 0.25) is 5.02 Å². The molecule has 0 atom stereocenters. The molecule has 0 spiro atoms. The van der Waals surface area contributed by atoms with Gasteiger partial charge in [0, 0.05) is 22.3 Å². The molecule has 0 aliphatic carbocycles. The number of aryl methyl sites for hydroxylation is 2. The summed E-state index contributed by atoms with van der Waals surface area (Å²) in [5.41, 5.74) is 2.90. The lowest BCUT2D eigenvalue weighted by molar-refractivity contribution is -0.127. The number of carboxylic acids is 1. The van der Waals surface area contributed by atoms with Gasteiger partial charge in [-0.3, -0.25) is 19.3 Å². The first-order valence-corrected chi connectivity index (χ1v) is 11.6. The predicted octanol–water partition coefficient (Wildman–Crippen LogP) is 5.59. The van der Waals surface area contributed by atoms with Crippen molar-refractivity contribution < 1.29 is 28.7 Å². The SMILES string of the molecule is Cc1ccc(NC(=O)CN2C(=O)S/C(=C\c3ccc(-c4ccc(C(=O)O)cc4C)o3)C2=O)cc1Cl. The second-order valence-corrected chi connectivity index (χ2v) is 9.22. The average molecular weight is 511 g/mol. The molecule has 0 unspecified atom stereocenters. The highest BCUT2D eigenvalue weighted by Gasteiger charge is 2.36. The number of aromatic carboxylic acids is 1. The fraction of sp³-hybridized carbons (Fsp3) is 0.120. The molecule has 10 heteroatoms. The highest BCUT2D eigenvalue weighted by atomic mass is 35.5. The smallest absolute Gasteiger partial charge is 0.335 e. The van der Waals surface area contributed by atoms with E-state index in [9.17, 15) is 19.2 Å². The van der Waals surface area contributed by atoms with Crippen molar-refractivity contribution in [2.45, 2.75) is 13.8 Å². The van der Waals surface area contributed by atoms with Crippen molar-refractivity contribution in [2.24, 2.45) is 0 Å². The summed E-state index contributed by atoms with van der Waals surface area (Å²) in [6.45, 7) is 3.16. The van der Waals surface area contributed by atoms with E-state index in [2.05, 4.69) is 5.32 Å². The summed E-state index contributed by atoms with van der Waals surface area (Å²) in [4.78, 5) is 49.7. The fourth-order valence-corrected chi connectivity index (χ4v) is 4.43. The van der Waals surface area contributed by atoms with Gasteiger partial charge in [0.15, 0.2) is 0 Å². The number of imide groups is 1. The van der Waals surface area contributed by atoms with E-state index in [1.54, 1.807) is 49.4 Å². The number of hydrogen-bond acceptors (Lipinski definition) is 6. The third-order valence-electron chi connectivity index (χ3n) is 5.27. The Morgan fingerprint density at radius 1 is 1.09 bits per heavy atom. The summed E-state index contributed by atoms with van der Waals surface area (Å²) in [5.74, 6) is -1.33. The van der Waals surface area contributed by atoms with Crippen LogP contribution in [-0.4, -0.2) is 39.6 Å². The number of rotatable bonds is 6. The Labute approximate surface area is 209 Å². The van der Waals surface area contributed by atoms with Crippen molar-refractivity contribution >= 4 is 58.1 Å². The van der Waals surface area contributed by atoms with Gasteiger partial charge in [-0.2, -0.15) is 0 Å². The van der Waals surface area contributed by atoms with Gasteiger partial charge in [-0.1, -0.05) is 23.7 Å². The molecule has 2 heterocycles. The van der Waals surface area contributed by atoms with Crippen LogP contribution in [0.3, 0.4) is 0 Å². The molecule has 2 aromatic carbocycles. The van der Waals surface area contributed by atoms with E-state index >= 15 is 0 Å². The van der Waals surface area contributed by atoms with E-state index in [-0.39, 0.29) is 10.5 Å². The van der Waals surface area contributed by atoms with Gasteiger partial charge in [0.25, 0.3) is 11.1 Å². The average Bonchev–Trinajstić information content (AvgIpc) is 3.36. The number of carboxylic acid groups (broad SMARTS) is 1. The molecule has 0 saturated carbocycles. The van der Waals surface area contributed by atoms with E-state index in [0.717, 1.165) is 10.5 Å². The number of carbonyl (C=O) groups excluding carboxylic acids is 3. The minimum Gasteiger partial charge on any atom is -0.478 e. The van der Waals surface area contributed by atoms with Crippen LogP contribution in [0.25, 0.3) is 17.4 Å². The zero-order valence-corrected chi connectivity index (χ0v) is 20.2. The third-order valence-corrected chi connectivity index (χ3v) is 6.58. The van der Waals surface area contributed by atoms with E-state index in [0.29, 0.717) is 45.1 Å². The molecule has 1 aliphatic rings. The number of halogens is 1. The molecule has 4 rings (SSSR count). The lowest BCUT2D eigenvalue weighted by atomic mass is 10.0. The molecule has 178 valence electrons. The molecule has 8 nitrogen and oxygen atoms in total. The van der Waals surface area contributed by atoms with Crippen LogP contribution in [0.15, 0.2) is 57.9 Å². The number of nitrogens with one attached hydrogen (secondary N) is 1. The number of furan rings is 1. The second-order valence-electron chi connectivity index (χ2n) is 7.82. The summed E-state index contributed by atoms with van der Waals surface area (Å²) in [6.07, 6.45) is 1.44. The van der Waals surface area contributed by atoms with Crippen LogP contribution < -0.4 is 5.32 Å². The second kappa shape index (κ2) is 9.81.